The maximum atomic E-state index is 5.07. The molecule has 0 aromatic carbocycles. The smallest absolute Gasteiger partial charge is 0.202 e. The molecule has 0 amide bonds. The molecule has 80 valence electrons. The van der Waals surface area contributed by atoms with Gasteiger partial charge >= 0.3 is 0 Å². The van der Waals surface area contributed by atoms with Crippen LogP contribution in [0.5, 0.6) is 0 Å². The van der Waals surface area contributed by atoms with Crippen molar-refractivity contribution in [3.8, 4) is 0 Å². The summed E-state index contributed by atoms with van der Waals surface area (Å²) in [6.45, 7) is 1.38. The summed E-state index contributed by atoms with van der Waals surface area (Å²) in [6.07, 6.45) is 1.48. The van der Waals surface area contributed by atoms with E-state index < -0.39 is 6.29 Å². The Balaban J connectivity index is 2.57. The SMILES string of the molecule is COCCn1ccc(C(OC)OC)n1. The number of methoxy groups -OCH3 is 3. The monoisotopic (exact) mass is 200 g/mol. The van der Waals surface area contributed by atoms with Gasteiger partial charge in [-0.3, -0.25) is 4.68 Å². The molecule has 0 radical (unpaired) electrons. The third-order valence-electron chi connectivity index (χ3n) is 1.86. The molecule has 0 atom stereocenters. The zero-order valence-electron chi connectivity index (χ0n) is 8.77. The van der Waals surface area contributed by atoms with Crippen LogP contribution in [0.4, 0.5) is 0 Å². The van der Waals surface area contributed by atoms with Crippen LogP contribution >= 0.6 is 0 Å². The standard InChI is InChI=1S/C9H16N2O3/c1-12-7-6-11-5-4-8(10-11)9(13-2)14-3/h4-5,9H,6-7H2,1-3H3. The number of rotatable bonds is 6. The van der Waals surface area contributed by atoms with E-state index in [1.165, 1.54) is 0 Å². The summed E-state index contributed by atoms with van der Waals surface area (Å²) in [6, 6.07) is 1.87. The Labute approximate surface area is 83.6 Å². The first-order valence-corrected chi connectivity index (χ1v) is 4.39. The highest BCUT2D eigenvalue weighted by molar-refractivity contribution is 5.00. The van der Waals surface area contributed by atoms with Gasteiger partial charge in [-0.2, -0.15) is 5.10 Å². The van der Waals surface area contributed by atoms with Gasteiger partial charge in [0.05, 0.1) is 13.2 Å². The molecule has 0 saturated carbocycles. The first-order valence-electron chi connectivity index (χ1n) is 4.39. The Bertz CT molecular complexity index is 258. The summed E-state index contributed by atoms with van der Waals surface area (Å²) in [5.41, 5.74) is 0.770. The second-order valence-corrected chi connectivity index (χ2v) is 2.80. The van der Waals surface area contributed by atoms with Gasteiger partial charge in [0.15, 0.2) is 0 Å². The van der Waals surface area contributed by atoms with E-state index in [2.05, 4.69) is 5.10 Å². The normalized spacial score (nSPS) is 11.1. The lowest BCUT2D eigenvalue weighted by Crippen LogP contribution is -2.08. The highest BCUT2D eigenvalue weighted by Crippen LogP contribution is 2.13. The molecule has 0 fully saturated rings. The fourth-order valence-corrected chi connectivity index (χ4v) is 1.15. The van der Waals surface area contributed by atoms with E-state index in [-0.39, 0.29) is 0 Å². The maximum Gasteiger partial charge on any atom is 0.202 e. The minimum atomic E-state index is -0.390. The Morgan fingerprint density at radius 2 is 2.07 bits per heavy atom. The predicted octanol–water partition coefficient (Wildman–Crippen LogP) is 0.821. The van der Waals surface area contributed by atoms with Gasteiger partial charge < -0.3 is 14.2 Å². The van der Waals surface area contributed by atoms with Crippen molar-refractivity contribution >= 4 is 0 Å². The Hall–Kier alpha value is -0.910. The van der Waals surface area contributed by atoms with Crippen LogP contribution in [0.3, 0.4) is 0 Å². The minimum absolute atomic E-state index is 0.390. The van der Waals surface area contributed by atoms with Crippen molar-refractivity contribution in [3.63, 3.8) is 0 Å². The maximum absolute atomic E-state index is 5.07. The van der Waals surface area contributed by atoms with Crippen LogP contribution in [-0.4, -0.2) is 37.7 Å². The van der Waals surface area contributed by atoms with Gasteiger partial charge in [0, 0.05) is 27.5 Å². The van der Waals surface area contributed by atoms with Crippen LogP contribution in [0.25, 0.3) is 0 Å². The van der Waals surface area contributed by atoms with Gasteiger partial charge in [-0.15, -0.1) is 0 Å². The fraction of sp³-hybridized carbons (Fsp3) is 0.667. The molecule has 0 saturated heterocycles. The van der Waals surface area contributed by atoms with Crippen LogP contribution in [0.1, 0.15) is 12.0 Å². The molecule has 0 aliphatic carbocycles. The summed E-state index contributed by atoms with van der Waals surface area (Å²) >= 11 is 0. The number of hydrogen-bond acceptors (Lipinski definition) is 4. The fourth-order valence-electron chi connectivity index (χ4n) is 1.15. The van der Waals surface area contributed by atoms with E-state index in [9.17, 15) is 0 Å². The lowest BCUT2D eigenvalue weighted by atomic mass is 10.4. The van der Waals surface area contributed by atoms with E-state index in [1.807, 2.05) is 12.3 Å². The molecule has 5 heteroatoms. The van der Waals surface area contributed by atoms with Crippen LogP contribution in [0.15, 0.2) is 12.3 Å². The highest BCUT2D eigenvalue weighted by atomic mass is 16.7. The van der Waals surface area contributed by atoms with E-state index in [0.717, 1.165) is 12.2 Å². The zero-order valence-corrected chi connectivity index (χ0v) is 8.77. The molecule has 0 aliphatic heterocycles. The second kappa shape index (κ2) is 5.74. The first kappa shape index (κ1) is 11.2. The number of hydrogen-bond donors (Lipinski definition) is 0. The molecule has 1 heterocycles. The number of ether oxygens (including phenoxy) is 3. The van der Waals surface area contributed by atoms with Crippen LogP contribution < -0.4 is 0 Å². The van der Waals surface area contributed by atoms with Crippen LogP contribution in [0, 0.1) is 0 Å². The van der Waals surface area contributed by atoms with Crippen molar-refractivity contribution in [2.24, 2.45) is 0 Å². The molecule has 1 aromatic heterocycles. The molecule has 0 bridgehead atoms. The third kappa shape index (κ3) is 2.80. The van der Waals surface area contributed by atoms with Crippen LogP contribution in [0.2, 0.25) is 0 Å². The van der Waals surface area contributed by atoms with Crippen molar-refractivity contribution in [2.45, 2.75) is 12.8 Å². The topological polar surface area (TPSA) is 45.5 Å². The van der Waals surface area contributed by atoms with Gasteiger partial charge in [-0.1, -0.05) is 0 Å². The molecule has 14 heavy (non-hydrogen) atoms. The molecular formula is C9H16N2O3. The second-order valence-electron chi connectivity index (χ2n) is 2.80. The summed E-state index contributed by atoms with van der Waals surface area (Å²) in [5, 5.41) is 4.28. The molecule has 1 aromatic rings. The lowest BCUT2D eigenvalue weighted by molar-refractivity contribution is -0.108. The highest BCUT2D eigenvalue weighted by Gasteiger charge is 2.11. The Morgan fingerprint density at radius 3 is 2.64 bits per heavy atom. The van der Waals surface area contributed by atoms with Gasteiger partial charge in [-0.05, 0) is 6.07 Å². The Morgan fingerprint density at radius 1 is 1.36 bits per heavy atom. The number of nitrogens with zero attached hydrogens (tertiary/aromatic N) is 2. The largest absolute Gasteiger partial charge is 0.383 e. The molecule has 5 nitrogen and oxygen atoms in total. The first-order chi connectivity index (χ1) is 6.81. The van der Waals surface area contributed by atoms with Crippen molar-refractivity contribution < 1.29 is 14.2 Å². The van der Waals surface area contributed by atoms with Gasteiger partial charge in [0.2, 0.25) is 6.29 Å². The van der Waals surface area contributed by atoms with Crippen molar-refractivity contribution in [2.75, 3.05) is 27.9 Å². The van der Waals surface area contributed by atoms with Gasteiger partial charge in [-0.25, -0.2) is 0 Å². The summed E-state index contributed by atoms with van der Waals surface area (Å²) in [4.78, 5) is 0. The van der Waals surface area contributed by atoms with Crippen LogP contribution in [-0.2, 0) is 20.8 Å². The van der Waals surface area contributed by atoms with Gasteiger partial charge in [0.1, 0.15) is 5.69 Å². The molecule has 0 N–H and O–H groups in total. The van der Waals surface area contributed by atoms with Crippen molar-refractivity contribution in [1.29, 1.82) is 0 Å². The molecule has 0 spiro atoms. The lowest BCUT2D eigenvalue weighted by Gasteiger charge is -2.09. The average Bonchev–Trinajstić information content (AvgIpc) is 2.65. The quantitative estimate of drug-likeness (QED) is 0.638. The van der Waals surface area contributed by atoms with E-state index in [4.69, 9.17) is 14.2 Å². The minimum Gasteiger partial charge on any atom is -0.383 e. The predicted molar refractivity (Wildman–Crippen MR) is 50.9 cm³/mol. The molecule has 0 aliphatic rings. The van der Waals surface area contributed by atoms with Gasteiger partial charge in [0.25, 0.3) is 0 Å². The molecule has 0 unspecified atom stereocenters. The van der Waals surface area contributed by atoms with Crippen molar-refractivity contribution in [3.05, 3.63) is 18.0 Å². The van der Waals surface area contributed by atoms with E-state index >= 15 is 0 Å². The molecule has 1 rings (SSSR count). The summed E-state index contributed by atoms with van der Waals surface area (Å²) in [5.74, 6) is 0. The zero-order chi connectivity index (χ0) is 10.4. The van der Waals surface area contributed by atoms with E-state index in [1.54, 1.807) is 26.0 Å². The van der Waals surface area contributed by atoms with Crippen molar-refractivity contribution in [1.82, 2.24) is 9.78 Å². The van der Waals surface area contributed by atoms with E-state index in [0.29, 0.717) is 6.61 Å². The summed E-state index contributed by atoms with van der Waals surface area (Å²) in [7, 11) is 4.84. The average molecular weight is 200 g/mol. The summed E-state index contributed by atoms with van der Waals surface area (Å²) < 4.78 is 16.9. The number of aromatic nitrogens is 2. The molecular weight excluding hydrogens is 184 g/mol. The third-order valence-corrected chi connectivity index (χ3v) is 1.86. The Kier molecular flexibility index (Phi) is 4.58.